The normalized spacial score (nSPS) is 10.9. The van der Waals surface area contributed by atoms with Crippen molar-refractivity contribution < 1.29 is 4.79 Å². The van der Waals surface area contributed by atoms with Crippen molar-refractivity contribution in [2.45, 2.75) is 26.7 Å². The van der Waals surface area contributed by atoms with Crippen molar-refractivity contribution in [1.82, 2.24) is 9.97 Å². The highest BCUT2D eigenvalue weighted by Gasteiger charge is 2.14. The van der Waals surface area contributed by atoms with Crippen LogP contribution >= 0.6 is 34.3 Å². The van der Waals surface area contributed by atoms with Gasteiger partial charge in [-0.25, -0.2) is 9.97 Å². The number of carbonyl (C=O) groups is 1. The van der Waals surface area contributed by atoms with Crippen molar-refractivity contribution in [2.24, 2.45) is 0 Å². The van der Waals surface area contributed by atoms with Crippen LogP contribution in [0.15, 0.2) is 29.6 Å². The second kappa shape index (κ2) is 6.91. The van der Waals surface area contributed by atoms with Crippen molar-refractivity contribution in [1.29, 1.82) is 0 Å². The van der Waals surface area contributed by atoms with Gasteiger partial charge in [0.05, 0.1) is 27.7 Å². The van der Waals surface area contributed by atoms with Gasteiger partial charge in [0.15, 0.2) is 0 Å². The summed E-state index contributed by atoms with van der Waals surface area (Å²) in [5, 5.41) is 4.70. The van der Waals surface area contributed by atoms with Gasteiger partial charge in [0.25, 0.3) is 0 Å². The molecule has 2 aromatic heterocycles. The van der Waals surface area contributed by atoms with Crippen molar-refractivity contribution in [3.8, 4) is 10.6 Å². The SMILES string of the molecule is CC(=O)Cc1nc(C)c(-c2csc(Cc3cccc(Cl)c3)n2)s1. The highest BCUT2D eigenvalue weighted by Crippen LogP contribution is 2.31. The van der Waals surface area contributed by atoms with E-state index in [2.05, 4.69) is 16.4 Å². The first-order valence-electron chi connectivity index (χ1n) is 7.16. The minimum absolute atomic E-state index is 0.130. The molecule has 0 aliphatic rings. The van der Waals surface area contributed by atoms with Gasteiger partial charge in [-0.3, -0.25) is 4.79 Å². The molecule has 118 valence electrons. The average Bonchev–Trinajstić information content (AvgIpc) is 3.05. The van der Waals surface area contributed by atoms with Crippen LogP contribution in [-0.2, 0) is 17.6 Å². The molecule has 0 amide bonds. The zero-order chi connectivity index (χ0) is 16.4. The minimum atomic E-state index is 0.130. The third-order valence-electron chi connectivity index (χ3n) is 3.27. The van der Waals surface area contributed by atoms with E-state index in [-0.39, 0.29) is 5.78 Å². The van der Waals surface area contributed by atoms with Gasteiger partial charge in [0.1, 0.15) is 10.8 Å². The Bertz CT molecular complexity index is 854. The molecule has 6 heteroatoms. The second-order valence-electron chi connectivity index (χ2n) is 5.33. The number of nitrogens with zero attached hydrogens (tertiary/aromatic N) is 2. The van der Waals surface area contributed by atoms with Gasteiger partial charge in [-0.1, -0.05) is 23.7 Å². The summed E-state index contributed by atoms with van der Waals surface area (Å²) in [4.78, 5) is 21.5. The van der Waals surface area contributed by atoms with Crippen LogP contribution in [0.25, 0.3) is 10.6 Å². The van der Waals surface area contributed by atoms with Crippen LogP contribution in [0.2, 0.25) is 5.02 Å². The fourth-order valence-electron chi connectivity index (χ4n) is 2.30. The number of ketones is 1. The highest BCUT2D eigenvalue weighted by atomic mass is 35.5. The van der Waals surface area contributed by atoms with Gasteiger partial charge in [-0.2, -0.15) is 0 Å². The Hall–Kier alpha value is -1.56. The number of halogens is 1. The van der Waals surface area contributed by atoms with Gasteiger partial charge >= 0.3 is 0 Å². The first-order valence-corrected chi connectivity index (χ1v) is 9.23. The van der Waals surface area contributed by atoms with Gasteiger partial charge < -0.3 is 0 Å². The molecule has 0 fully saturated rings. The molecule has 2 heterocycles. The van der Waals surface area contributed by atoms with Gasteiger partial charge in [0.2, 0.25) is 0 Å². The molecule has 23 heavy (non-hydrogen) atoms. The number of hydrogen-bond donors (Lipinski definition) is 0. The molecule has 0 aliphatic carbocycles. The molecule has 0 atom stereocenters. The molecule has 0 bridgehead atoms. The second-order valence-corrected chi connectivity index (χ2v) is 7.80. The zero-order valence-electron chi connectivity index (χ0n) is 12.8. The van der Waals surface area contributed by atoms with E-state index >= 15 is 0 Å². The standard InChI is InChI=1S/C17H15ClN2OS2/c1-10(21)6-16-19-11(2)17(23-16)14-9-22-15(20-14)8-12-4-3-5-13(18)7-12/h3-5,7,9H,6,8H2,1-2H3. The van der Waals surface area contributed by atoms with Gasteiger partial charge in [0, 0.05) is 16.8 Å². The van der Waals surface area contributed by atoms with Crippen LogP contribution in [0.3, 0.4) is 0 Å². The number of thiazole rings is 2. The first-order chi connectivity index (χ1) is 11.0. The zero-order valence-corrected chi connectivity index (χ0v) is 15.2. The number of Topliss-reactive ketones (excluding diaryl/α,β-unsaturated/α-hetero) is 1. The molecule has 0 aliphatic heterocycles. The van der Waals surface area contributed by atoms with Crippen LogP contribution in [0, 0.1) is 6.92 Å². The van der Waals surface area contributed by atoms with Crippen LogP contribution in [0.1, 0.15) is 28.2 Å². The van der Waals surface area contributed by atoms with E-state index in [4.69, 9.17) is 16.6 Å². The molecule has 3 nitrogen and oxygen atoms in total. The van der Waals surface area contributed by atoms with Crippen molar-refractivity contribution in [3.63, 3.8) is 0 Å². The van der Waals surface area contributed by atoms with Gasteiger partial charge in [-0.15, -0.1) is 22.7 Å². The Morgan fingerprint density at radius 3 is 2.83 bits per heavy atom. The topological polar surface area (TPSA) is 42.9 Å². The number of rotatable bonds is 5. The van der Waals surface area contributed by atoms with Crippen molar-refractivity contribution in [3.05, 3.63) is 55.9 Å². The first kappa shape index (κ1) is 16.3. The maximum atomic E-state index is 11.2. The van der Waals surface area contributed by atoms with E-state index in [9.17, 15) is 4.79 Å². The molecule has 3 aromatic rings. The number of aromatic nitrogens is 2. The Balaban J connectivity index is 1.81. The summed E-state index contributed by atoms with van der Waals surface area (Å²) in [6.07, 6.45) is 1.16. The molecule has 3 rings (SSSR count). The maximum Gasteiger partial charge on any atom is 0.136 e. The average molecular weight is 363 g/mol. The van der Waals surface area contributed by atoms with Crippen LogP contribution in [0.5, 0.6) is 0 Å². The minimum Gasteiger partial charge on any atom is -0.300 e. The molecule has 0 radical (unpaired) electrons. The number of benzene rings is 1. The lowest BCUT2D eigenvalue weighted by Crippen LogP contribution is -1.94. The van der Waals surface area contributed by atoms with E-state index in [1.807, 2.05) is 25.1 Å². The van der Waals surface area contributed by atoms with E-state index < -0.39 is 0 Å². The molecular weight excluding hydrogens is 348 g/mol. The number of carbonyl (C=O) groups excluding carboxylic acids is 1. The fraction of sp³-hybridized carbons (Fsp3) is 0.235. The fourth-order valence-corrected chi connectivity index (χ4v) is 4.50. The summed E-state index contributed by atoms with van der Waals surface area (Å²) in [6, 6.07) is 7.84. The van der Waals surface area contributed by atoms with E-state index in [0.717, 1.165) is 43.3 Å². The molecule has 0 spiro atoms. The summed E-state index contributed by atoms with van der Waals surface area (Å²) in [6.45, 7) is 3.55. The number of hydrogen-bond acceptors (Lipinski definition) is 5. The Labute approximate surface area is 148 Å². The molecule has 0 saturated carbocycles. The summed E-state index contributed by atoms with van der Waals surface area (Å²) in [5.74, 6) is 0.130. The Morgan fingerprint density at radius 1 is 1.26 bits per heavy atom. The smallest absolute Gasteiger partial charge is 0.136 e. The quantitative estimate of drug-likeness (QED) is 0.644. The van der Waals surface area contributed by atoms with Crippen LogP contribution < -0.4 is 0 Å². The molecule has 0 N–H and O–H groups in total. The lowest BCUT2D eigenvalue weighted by molar-refractivity contribution is -0.116. The largest absolute Gasteiger partial charge is 0.300 e. The van der Waals surface area contributed by atoms with E-state index in [1.54, 1.807) is 29.6 Å². The maximum absolute atomic E-state index is 11.2. The molecule has 0 unspecified atom stereocenters. The summed E-state index contributed by atoms with van der Waals surface area (Å²) in [5.41, 5.74) is 3.03. The highest BCUT2D eigenvalue weighted by molar-refractivity contribution is 7.16. The third-order valence-corrected chi connectivity index (χ3v) is 5.53. The van der Waals surface area contributed by atoms with E-state index in [0.29, 0.717) is 6.42 Å². The Morgan fingerprint density at radius 2 is 2.09 bits per heavy atom. The third kappa shape index (κ3) is 4.05. The predicted octanol–water partition coefficient (Wildman–Crippen LogP) is 4.95. The predicted molar refractivity (Wildman–Crippen MR) is 96.6 cm³/mol. The van der Waals surface area contributed by atoms with E-state index in [1.165, 1.54) is 0 Å². The van der Waals surface area contributed by atoms with Crippen molar-refractivity contribution in [2.75, 3.05) is 0 Å². The molecule has 0 saturated heterocycles. The molecular formula is C17H15ClN2OS2. The van der Waals surface area contributed by atoms with Gasteiger partial charge in [-0.05, 0) is 31.5 Å². The summed E-state index contributed by atoms with van der Waals surface area (Å²) in [7, 11) is 0. The number of aryl methyl sites for hydroxylation is 1. The summed E-state index contributed by atoms with van der Waals surface area (Å²) >= 11 is 9.21. The van der Waals surface area contributed by atoms with Crippen molar-refractivity contribution >= 4 is 40.1 Å². The molecule has 1 aromatic carbocycles. The summed E-state index contributed by atoms with van der Waals surface area (Å²) < 4.78 is 0. The lowest BCUT2D eigenvalue weighted by Gasteiger charge is -1.98. The van der Waals surface area contributed by atoms with Crippen LogP contribution in [-0.4, -0.2) is 15.8 Å². The van der Waals surface area contributed by atoms with Crippen LogP contribution in [0.4, 0.5) is 0 Å². The Kier molecular flexibility index (Phi) is 4.90. The lowest BCUT2D eigenvalue weighted by atomic mass is 10.2. The monoisotopic (exact) mass is 362 g/mol.